The van der Waals surface area contributed by atoms with Gasteiger partial charge in [0.2, 0.25) is 0 Å². The van der Waals surface area contributed by atoms with Gasteiger partial charge in [0.15, 0.2) is 0 Å². The van der Waals surface area contributed by atoms with Gasteiger partial charge in [-0.05, 0) is 62.3 Å². The molecule has 0 saturated carbocycles. The summed E-state index contributed by atoms with van der Waals surface area (Å²) in [6.45, 7) is 6.68. The van der Waals surface area contributed by atoms with Crippen LogP contribution in [0.2, 0.25) is 5.02 Å². The Morgan fingerprint density at radius 1 is 1.35 bits per heavy atom. The van der Waals surface area contributed by atoms with Crippen molar-refractivity contribution in [1.29, 1.82) is 0 Å². The maximum absolute atomic E-state index is 6.16. The van der Waals surface area contributed by atoms with Gasteiger partial charge in [-0.2, -0.15) is 0 Å². The highest BCUT2D eigenvalue weighted by Crippen LogP contribution is 2.29. The van der Waals surface area contributed by atoms with Crippen molar-refractivity contribution in [3.8, 4) is 0 Å². The summed E-state index contributed by atoms with van der Waals surface area (Å²) in [7, 11) is 0. The van der Waals surface area contributed by atoms with E-state index >= 15 is 0 Å². The summed E-state index contributed by atoms with van der Waals surface area (Å²) in [6, 6.07) is 6.43. The first kappa shape index (κ1) is 15.7. The van der Waals surface area contributed by atoms with Crippen LogP contribution in [0.5, 0.6) is 0 Å². The molecule has 0 bridgehead atoms. The highest BCUT2D eigenvalue weighted by Gasteiger charge is 2.18. The monoisotopic (exact) mass is 294 g/mol. The maximum atomic E-state index is 6.16. The molecule has 1 saturated heterocycles. The molecular formula is C17H27ClN2. The lowest BCUT2D eigenvalue weighted by atomic mass is 9.98. The van der Waals surface area contributed by atoms with Gasteiger partial charge in [-0.1, -0.05) is 24.9 Å². The standard InChI is InChI=1S/C17H27ClN2/c1-3-14-5-4-9-20(10-8-14)17-7-6-16(18)12-15(17)11-13(2)19/h6-7,12-14H,3-5,8-11,19H2,1-2H3. The van der Waals surface area contributed by atoms with E-state index in [-0.39, 0.29) is 6.04 Å². The second-order valence-electron chi connectivity index (χ2n) is 6.15. The molecule has 2 rings (SSSR count). The van der Waals surface area contributed by atoms with E-state index in [1.165, 1.54) is 36.9 Å². The van der Waals surface area contributed by atoms with Crippen LogP contribution in [0.15, 0.2) is 18.2 Å². The molecule has 0 aliphatic carbocycles. The molecule has 0 radical (unpaired) electrons. The van der Waals surface area contributed by atoms with Gasteiger partial charge in [0.1, 0.15) is 0 Å². The molecule has 20 heavy (non-hydrogen) atoms. The Bertz CT molecular complexity index is 431. The molecule has 2 atom stereocenters. The summed E-state index contributed by atoms with van der Waals surface area (Å²) in [5.41, 5.74) is 8.62. The number of anilines is 1. The van der Waals surface area contributed by atoms with Gasteiger partial charge in [0.05, 0.1) is 0 Å². The van der Waals surface area contributed by atoms with E-state index in [1.807, 2.05) is 6.07 Å². The summed E-state index contributed by atoms with van der Waals surface area (Å²) in [5.74, 6) is 0.893. The quantitative estimate of drug-likeness (QED) is 0.899. The van der Waals surface area contributed by atoms with Gasteiger partial charge in [0, 0.05) is 29.8 Å². The molecule has 1 aromatic rings. The fourth-order valence-corrected chi connectivity index (χ4v) is 3.38. The van der Waals surface area contributed by atoms with Crippen LogP contribution in [0.1, 0.15) is 45.1 Å². The van der Waals surface area contributed by atoms with Crippen LogP contribution < -0.4 is 10.6 Å². The molecule has 0 aromatic heterocycles. The van der Waals surface area contributed by atoms with E-state index in [2.05, 4.69) is 30.9 Å². The topological polar surface area (TPSA) is 29.3 Å². The lowest BCUT2D eigenvalue weighted by molar-refractivity contribution is 0.459. The van der Waals surface area contributed by atoms with E-state index < -0.39 is 0 Å². The summed E-state index contributed by atoms with van der Waals surface area (Å²) in [4.78, 5) is 2.53. The van der Waals surface area contributed by atoms with Crippen LogP contribution in [0.3, 0.4) is 0 Å². The second-order valence-corrected chi connectivity index (χ2v) is 6.58. The van der Waals surface area contributed by atoms with Crippen molar-refractivity contribution in [3.05, 3.63) is 28.8 Å². The summed E-state index contributed by atoms with van der Waals surface area (Å²) in [5, 5.41) is 0.811. The Morgan fingerprint density at radius 2 is 2.15 bits per heavy atom. The van der Waals surface area contributed by atoms with E-state index in [9.17, 15) is 0 Å². The third-order valence-electron chi connectivity index (χ3n) is 4.35. The number of halogens is 1. The Morgan fingerprint density at radius 3 is 2.85 bits per heavy atom. The number of benzene rings is 1. The molecule has 1 aliphatic heterocycles. The van der Waals surface area contributed by atoms with E-state index in [0.29, 0.717) is 0 Å². The zero-order valence-corrected chi connectivity index (χ0v) is 13.5. The Kier molecular flexibility index (Phi) is 5.74. The molecular weight excluding hydrogens is 268 g/mol. The van der Waals surface area contributed by atoms with Gasteiger partial charge in [0.25, 0.3) is 0 Å². The van der Waals surface area contributed by atoms with Crippen LogP contribution in [0.25, 0.3) is 0 Å². The normalized spacial score (nSPS) is 21.6. The molecule has 2 nitrogen and oxygen atoms in total. The first-order valence-corrected chi connectivity index (χ1v) is 8.27. The zero-order chi connectivity index (χ0) is 14.5. The summed E-state index contributed by atoms with van der Waals surface area (Å²) >= 11 is 6.16. The molecule has 1 aliphatic rings. The highest BCUT2D eigenvalue weighted by atomic mass is 35.5. The second kappa shape index (κ2) is 7.33. The van der Waals surface area contributed by atoms with Crippen LogP contribution in [-0.2, 0) is 6.42 Å². The fourth-order valence-electron chi connectivity index (χ4n) is 3.19. The van der Waals surface area contributed by atoms with E-state index in [4.69, 9.17) is 17.3 Å². The molecule has 3 heteroatoms. The van der Waals surface area contributed by atoms with Gasteiger partial charge < -0.3 is 10.6 Å². The van der Waals surface area contributed by atoms with Gasteiger partial charge in [-0.25, -0.2) is 0 Å². The Balaban J connectivity index is 2.18. The lowest BCUT2D eigenvalue weighted by Crippen LogP contribution is -2.27. The average molecular weight is 295 g/mol. The molecule has 0 amide bonds. The number of rotatable bonds is 4. The molecule has 2 N–H and O–H groups in total. The van der Waals surface area contributed by atoms with Crippen LogP contribution in [0.4, 0.5) is 5.69 Å². The minimum atomic E-state index is 0.169. The first-order valence-electron chi connectivity index (χ1n) is 7.89. The van der Waals surface area contributed by atoms with Crippen LogP contribution in [-0.4, -0.2) is 19.1 Å². The average Bonchev–Trinajstić information content (AvgIpc) is 2.63. The van der Waals surface area contributed by atoms with Crippen molar-refractivity contribution in [2.75, 3.05) is 18.0 Å². The summed E-state index contributed by atoms with van der Waals surface area (Å²) < 4.78 is 0. The lowest BCUT2D eigenvalue weighted by Gasteiger charge is -2.26. The number of hydrogen-bond donors (Lipinski definition) is 1. The van der Waals surface area contributed by atoms with Crippen LogP contribution >= 0.6 is 11.6 Å². The maximum Gasteiger partial charge on any atom is 0.0410 e. The Hall–Kier alpha value is -0.730. The first-order chi connectivity index (χ1) is 9.60. The molecule has 1 heterocycles. The SMILES string of the molecule is CCC1CCCN(c2ccc(Cl)cc2CC(C)N)CC1. The predicted octanol–water partition coefficient (Wildman–Crippen LogP) is 4.25. The third kappa shape index (κ3) is 4.13. The van der Waals surface area contributed by atoms with Crippen molar-refractivity contribution in [2.45, 2.75) is 52.0 Å². The molecule has 1 aromatic carbocycles. The zero-order valence-electron chi connectivity index (χ0n) is 12.7. The highest BCUT2D eigenvalue weighted by molar-refractivity contribution is 6.30. The molecule has 0 spiro atoms. The van der Waals surface area contributed by atoms with Crippen molar-refractivity contribution in [2.24, 2.45) is 11.7 Å². The van der Waals surface area contributed by atoms with E-state index in [0.717, 1.165) is 30.5 Å². The smallest absolute Gasteiger partial charge is 0.0410 e. The number of nitrogens with two attached hydrogens (primary N) is 1. The van der Waals surface area contributed by atoms with Crippen molar-refractivity contribution < 1.29 is 0 Å². The molecule has 112 valence electrons. The Labute approximate surface area is 128 Å². The minimum absolute atomic E-state index is 0.169. The number of hydrogen-bond acceptors (Lipinski definition) is 2. The minimum Gasteiger partial charge on any atom is -0.371 e. The summed E-state index contributed by atoms with van der Waals surface area (Å²) in [6.07, 6.45) is 6.16. The van der Waals surface area contributed by atoms with Gasteiger partial charge in [-0.3, -0.25) is 0 Å². The van der Waals surface area contributed by atoms with Crippen molar-refractivity contribution in [1.82, 2.24) is 0 Å². The van der Waals surface area contributed by atoms with Crippen molar-refractivity contribution in [3.63, 3.8) is 0 Å². The van der Waals surface area contributed by atoms with Gasteiger partial charge >= 0.3 is 0 Å². The van der Waals surface area contributed by atoms with E-state index in [1.54, 1.807) is 0 Å². The fraction of sp³-hybridized carbons (Fsp3) is 0.647. The largest absolute Gasteiger partial charge is 0.371 e. The molecule has 2 unspecified atom stereocenters. The number of nitrogens with zero attached hydrogens (tertiary/aromatic N) is 1. The van der Waals surface area contributed by atoms with Gasteiger partial charge in [-0.15, -0.1) is 0 Å². The van der Waals surface area contributed by atoms with Crippen LogP contribution in [0, 0.1) is 5.92 Å². The molecule has 1 fully saturated rings. The van der Waals surface area contributed by atoms with Crippen molar-refractivity contribution >= 4 is 17.3 Å². The predicted molar refractivity (Wildman–Crippen MR) is 88.7 cm³/mol. The third-order valence-corrected chi connectivity index (χ3v) is 4.58.